The Labute approximate surface area is 144 Å². The highest BCUT2D eigenvalue weighted by Crippen LogP contribution is 2.25. The lowest BCUT2D eigenvalue weighted by Crippen LogP contribution is -2.29. The van der Waals surface area contributed by atoms with Crippen LogP contribution in [0.5, 0.6) is 5.75 Å². The Bertz CT molecular complexity index is 709. The molecule has 0 aliphatic rings. The molecule has 24 heavy (non-hydrogen) atoms. The molecule has 0 amide bonds. The summed E-state index contributed by atoms with van der Waals surface area (Å²) in [7, 11) is 0. The molecular formula is C21H26O3. The van der Waals surface area contributed by atoms with Crippen LogP contribution in [0.1, 0.15) is 43.0 Å². The first kappa shape index (κ1) is 18.1. The largest absolute Gasteiger partial charge is 0.478 e. The van der Waals surface area contributed by atoms with Gasteiger partial charge in [-0.2, -0.15) is 0 Å². The predicted octanol–water partition coefficient (Wildman–Crippen LogP) is 4.68. The average molecular weight is 326 g/mol. The molecule has 3 nitrogen and oxygen atoms in total. The topological polar surface area (TPSA) is 46.5 Å². The van der Waals surface area contributed by atoms with Crippen molar-refractivity contribution in [3.63, 3.8) is 0 Å². The smallest absolute Gasteiger partial charge is 0.345 e. The molecule has 3 heteroatoms. The van der Waals surface area contributed by atoms with Gasteiger partial charge >= 0.3 is 5.97 Å². The molecule has 0 aliphatic carbocycles. The van der Waals surface area contributed by atoms with Crippen molar-refractivity contribution < 1.29 is 14.6 Å². The van der Waals surface area contributed by atoms with Gasteiger partial charge in [-0.25, -0.2) is 4.79 Å². The number of aliphatic carboxylic acids is 1. The summed E-state index contributed by atoms with van der Waals surface area (Å²) in [5.74, 6) is -0.364. The summed E-state index contributed by atoms with van der Waals surface area (Å²) in [6.07, 6.45) is -0.546. The maximum atomic E-state index is 11.6. The SMILES string of the molecule is Cc1ccc(C)c(CC(Oc2ccc(C(C)(C)C)cc2)C(=O)O)c1. The third-order valence-corrected chi connectivity index (χ3v) is 4.18. The van der Waals surface area contributed by atoms with Gasteiger partial charge in [0.1, 0.15) is 5.75 Å². The molecule has 1 atom stereocenters. The van der Waals surface area contributed by atoms with Crippen molar-refractivity contribution in [1.82, 2.24) is 0 Å². The number of benzene rings is 2. The number of aryl methyl sites for hydroxylation is 2. The third kappa shape index (κ3) is 4.60. The van der Waals surface area contributed by atoms with Crippen LogP contribution in [0.4, 0.5) is 0 Å². The number of carboxylic acids is 1. The second-order valence-electron chi connectivity index (χ2n) is 7.35. The van der Waals surface area contributed by atoms with Crippen molar-refractivity contribution in [3.8, 4) is 5.75 Å². The van der Waals surface area contributed by atoms with Gasteiger partial charge in [-0.15, -0.1) is 0 Å². The van der Waals surface area contributed by atoms with E-state index in [0.29, 0.717) is 12.2 Å². The van der Waals surface area contributed by atoms with Gasteiger partial charge in [0.25, 0.3) is 0 Å². The molecule has 0 bridgehead atoms. The van der Waals surface area contributed by atoms with Gasteiger partial charge in [0.05, 0.1) is 0 Å². The van der Waals surface area contributed by atoms with Gasteiger partial charge in [-0.1, -0.05) is 56.7 Å². The first-order chi connectivity index (χ1) is 11.2. The maximum Gasteiger partial charge on any atom is 0.345 e. The number of hydrogen-bond acceptors (Lipinski definition) is 2. The van der Waals surface area contributed by atoms with Crippen LogP contribution >= 0.6 is 0 Å². The summed E-state index contributed by atoms with van der Waals surface area (Å²) >= 11 is 0. The Morgan fingerprint density at radius 1 is 1.08 bits per heavy atom. The minimum atomic E-state index is -0.948. The molecule has 2 rings (SSSR count). The zero-order valence-electron chi connectivity index (χ0n) is 15.1. The highest BCUT2D eigenvalue weighted by Gasteiger charge is 2.21. The van der Waals surface area contributed by atoms with E-state index >= 15 is 0 Å². The summed E-state index contributed by atoms with van der Waals surface area (Å²) in [4.78, 5) is 11.6. The molecule has 128 valence electrons. The van der Waals surface area contributed by atoms with E-state index in [9.17, 15) is 9.90 Å². The highest BCUT2D eigenvalue weighted by molar-refractivity contribution is 5.73. The van der Waals surface area contributed by atoms with Crippen LogP contribution in [0.25, 0.3) is 0 Å². The fraction of sp³-hybridized carbons (Fsp3) is 0.381. The van der Waals surface area contributed by atoms with Crippen LogP contribution in [-0.2, 0) is 16.6 Å². The van der Waals surface area contributed by atoms with Crippen molar-refractivity contribution in [2.24, 2.45) is 0 Å². The fourth-order valence-corrected chi connectivity index (χ4v) is 2.60. The van der Waals surface area contributed by atoms with Gasteiger partial charge in [0.2, 0.25) is 0 Å². The van der Waals surface area contributed by atoms with E-state index in [1.54, 1.807) is 0 Å². The first-order valence-electron chi connectivity index (χ1n) is 8.23. The molecule has 2 aromatic rings. The molecule has 0 radical (unpaired) electrons. The number of carboxylic acid groups (broad SMARTS) is 1. The number of ether oxygens (including phenoxy) is 1. The fourth-order valence-electron chi connectivity index (χ4n) is 2.60. The Kier molecular flexibility index (Phi) is 5.33. The molecule has 1 N–H and O–H groups in total. The molecule has 0 spiro atoms. The minimum Gasteiger partial charge on any atom is -0.478 e. The van der Waals surface area contributed by atoms with Crippen molar-refractivity contribution in [2.45, 2.75) is 52.6 Å². The minimum absolute atomic E-state index is 0.0589. The van der Waals surface area contributed by atoms with E-state index in [-0.39, 0.29) is 5.41 Å². The third-order valence-electron chi connectivity index (χ3n) is 4.18. The van der Waals surface area contributed by atoms with Crippen LogP contribution in [0.2, 0.25) is 0 Å². The molecule has 0 aliphatic heterocycles. The molecule has 0 saturated heterocycles. The summed E-state index contributed by atoms with van der Waals surface area (Å²) in [5, 5.41) is 9.51. The lowest BCUT2D eigenvalue weighted by molar-refractivity contribution is -0.145. The first-order valence-corrected chi connectivity index (χ1v) is 8.23. The summed E-state index contributed by atoms with van der Waals surface area (Å²) in [6, 6.07) is 13.7. The molecular weight excluding hydrogens is 300 g/mol. The Balaban J connectivity index is 2.17. The summed E-state index contributed by atoms with van der Waals surface area (Å²) in [6.45, 7) is 10.4. The Morgan fingerprint density at radius 3 is 2.25 bits per heavy atom. The van der Waals surface area contributed by atoms with E-state index in [4.69, 9.17) is 4.74 Å². The van der Waals surface area contributed by atoms with Crippen LogP contribution in [0, 0.1) is 13.8 Å². The standard InChI is InChI=1S/C21H26O3/c1-14-6-7-15(2)16(12-14)13-19(20(22)23)24-18-10-8-17(9-11-18)21(3,4)5/h6-12,19H,13H2,1-5H3,(H,22,23). The molecule has 0 fully saturated rings. The predicted molar refractivity (Wildman–Crippen MR) is 96.8 cm³/mol. The lowest BCUT2D eigenvalue weighted by Gasteiger charge is -2.20. The average Bonchev–Trinajstić information content (AvgIpc) is 2.49. The van der Waals surface area contributed by atoms with Crippen LogP contribution < -0.4 is 4.74 Å². The van der Waals surface area contributed by atoms with Crippen molar-refractivity contribution in [2.75, 3.05) is 0 Å². The van der Waals surface area contributed by atoms with Crippen LogP contribution in [0.15, 0.2) is 42.5 Å². The number of rotatable bonds is 5. The summed E-state index contributed by atoms with van der Waals surface area (Å²) in [5.41, 5.74) is 4.46. The molecule has 0 heterocycles. The monoisotopic (exact) mass is 326 g/mol. The summed E-state index contributed by atoms with van der Waals surface area (Å²) < 4.78 is 5.74. The number of hydrogen-bond donors (Lipinski definition) is 1. The highest BCUT2D eigenvalue weighted by atomic mass is 16.5. The molecule has 0 saturated carbocycles. The Morgan fingerprint density at radius 2 is 1.71 bits per heavy atom. The molecule has 0 aromatic heterocycles. The van der Waals surface area contributed by atoms with E-state index < -0.39 is 12.1 Å². The van der Waals surface area contributed by atoms with Crippen molar-refractivity contribution >= 4 is 5.97 Å². The molecule has 2 aromatic carbocycles. The zero-order chi connectivity index (χ0) is 17.9. The van der Waals surface area contributed by atoms with E-state index in [0.717, 1.165) is 16.7 Å². The van der Waals surface area contributed by atoms with Crippen molar-refractivity contribution in [3.05, 3.63) is 64.7 Å². The van der Waals surface area contributed by atoms with Gasteiger partial charge in [0.15, 0.2) is 6.10 Å². The van der Waals surface area contributed by atoms with E-state index in [1.165, 1.54) is 5.56 Å². The van der Waals surface area contributed by atoms with Gasteiger partial charge in [-0.3, -0.25) is 0 Å². The van der Waals surface area contributed by atoms with Gasteiger partial charge < -0.3 is 9.84 Å². The number of carbonyl (C=O) groups is 1. The normalized spacial score (nSPS) is 12.7. The maximum absolute atomic E-state index is 11.6. The second-order valence-corrected chi connectivity index (χ2v) is 7.35. The van der Waals surface area contributed by atoms with Crippen LogP contribution in [0.3, 0.4) is 0 Å². The lowest BCUT2D eigenvalue weighted by atomic mass is 9.87. The van der Waals surface area contributed by atoms with E-state index in [1.807, 2.05) is 56.3 Å². The molecule has 1 unspecified atom stereocenters. The van der Waals surface area contributed by atoms with Gasteiger partial charge in [-0.05, 0) is 48.1 Å². The Hall–Kier alpha value is -2.29. The zero-order valence-corrected chi connectivity index (χ0v) is 15.1. The van der Waals surface area contributed by atoms with Gasteiger partial charge in [0, 0.05) is 6.42 Å². The van der Waals surface area contributed by atoms with Crippen LogP contribution in [-0.4, -0.2) is 17.2 Å². The quantitative estimate of drug-likeness (QED) is 0.868. The van der Waals surface area contributed by atoms with Crippen molar-refractivity contribution in [1.29, 1.82) is 0 Å². The second kappa shape index (κ2) is 7.08. The van der Waals surface area contributed by atoms with E-state index in [2.05, 4.69) is 20.8 Å².